The van der Waals surface area contributed by atoms with Crippen molar-refractivity contribution < 1.29 is 8.76 Å². The Bertz CT molecular complexity index is 525. The van der Waals surface area contributed by atoms with E-state index in [1.54, 1.807) is 6.07 Å². The fourth-order valence-electron chi connectivity index (χ4n) is 1.49. The van der Waals surface area contributed by atoms with E-state index in [0.717, 1.165) is 10.9 Å². The minimum absolute atomic E-state index is 0.0871. The number of hydrogen-bond acceptors (Lipinski definition) is 2. The zero-order valence-electron chi connectivity index (χ0n) is 8.30. The van der Waals surface area contributed by atoms with Gasteiger partial charge in [-0.25, -0.2) is 4.21 Å². The summed E-state index contributed by atoms with van der Waals surface area (Å²) < 4.78 is 19.4. The first kappa shape index (κ1) is 10.3. The van der Waals surface area contributed by atoms with Gasteiger partial charge in [-0.2, -0.15) is 0 Å². The van der Waals surface area contributed by atoms with Gasteiger partial charge in [-0.3, -0.25) is 4.98 Å². The van der Waals surface area contributed by atoms with E-state index in [4.69, 9.17) is 4.55 Å². The fourth-order valence-corrected chi connectivity index (χ4v) is 1.91. The second-order valence-corrected chi connectivity index (χ2v) is 4.40. The van der Waals surface area contributed by atoms with Crippen molar-refractivity contribution in [2.24, 2.45) is 0 Å². The summed E-state index contributed by atoms with van der Waals surface area (Å²) in [5.41, 5.74) is 2.69. The molecule has 0 saturated carbocycles. The molecule has 1 aromatic carbocycles. The molecule has 0 aliphatic rings. The first-order valence-electron chi connectivity index (χ1n) is 4.59. The van der Waals surface area contributed by atoms with E-state index in [0.29, 0.717) is 5.69 Å². The first-order chi connectivity index (χ1) is 7.15. The van der Waals surface area contributed by atoms with Crippen LogP contribution in [-0.4, -0.2) is 13.7 Å². The highest BCUT2D eigenvalue weighted by molar-refractivity contribution is 7.78. The minimum atomic E-state index is -1.83. The second kappa shape index (κ2) is 4.08. The van der Waals surface area contributed by atoms with Crippen LogP contribution in [0.2, 0.25) is 0 Å². The molecule has 2 aromatic rings. The Kier molecular flexibility index (Phi) is 2.79. The summed E-state index contributed by atoms with van der Waals surface area (Å²) in [6.07, 6.45) is 0. The first-order valence-corrected chi connectivity index (χ1v) is 5.86. The lowest BCUT2D eigenvalue weighted by Gasteiger charge is -2.01. The van der Waals surface area contributed by atoms with E-state index in [9.17, 15) is 4.21 Å². The molecular formula is C11H11NO2S. The number of benzene rings is 1. The van der Waals surface area contributed by atoms with Crippen molar-refractivity contribution in [2.45, 2.75) is 12.7 Å². The standard InChI is InChI=1S/C11H11NO2S/c1-8-2-5-11-9(6-8)3-4-10(12-11)7-15(13)14/h2-6H,7H2,1H3,(H,13,14). The SMILES string of the molecule is Cc1ccc2nc(CS(=O)O)ccc2c1. The van der Waals surface area contributed by atoms with Crippen LogP contribution in [0.25, 0.3) is 10.9 Å². The van der Waals surface area contributed by atoms with E-state index >= 15 is 0 Å². The molecular weight excluding hydrogens is 210 g/mol. The molecule has 15 heavy (non-hydrogen) atoms. The highest BCUT2D eigenvalue weighted by Crippen LogP contribution is 2.14. The van der Waals surface area contributed by atoms with Gasteiger partial charge in [0.15, 0.2) is 11.1 Å². The summed E-state index contributed by atoms with van der Waals surface area (Å²) >= 11 is -1.83. The highest BCUT2D eigenvalue weighted by Gasteiger charge is 2.01. The molecule has 1 atom stereocenters. The molecule has 1 aromatic heterocycles. The van der Waals surface area contributed by atoms with Crippen molar-refractivity contribution in [3.05, 3.63) is 41.6 Å². The Hall–Kier alpha value is -1.26. The van der Waals surface area contributed by atoms with Gasteiger partial charge < -0.3 is 4.55 Å². The van der Waals surface area contributed by atoms with Gasteiger partial charge in [0.05, 0.1) is 17.0 Å². The van der Waals surface area contributed by atoms with Crippen molar-refractivity contribution in [1.29, 1.82) is 0 Å². The summed E-state index contributed by atoms with van der Waals surface area (Å²) in [6.45, 7) is 2.02. The summed E-state index contributed by atoms with van der Waals surface area (Å²) in [6, 6.07) is 9.67. The number of aryl methyl sites for hydroxylation is 1. The average molecular weight is 221 g/mol. The molecule has 78 valence electrons. The minimum Gasteiger partial charge on any atom is -0.306 e. The molecule has 0 bridgehead atoms. The third kappa shape index (κ3) is 2.40. The topological polar surface area (TPSA) is 50.2 Å². The van der Waals surface area contributed by atoms with Crippen LogP contribution in [0.15, 0.2) is 30.3 Å². The Balaban J connectivity index is 2.47. The highest BCUT2D eigenvalue weighted by atomic mass is 32.2. The molecule has 1 unspecified atom stereocenters. The normalized spacial score (nSPS) is 12.9. The largest absolute Gasteiger partial charge is 0.306 e. The number of fused-ring (bicyclic) bond motifs is 1. The smallest absolute Gasteiger partial charge is 0.158 e. The average Bonchev–Trinajstić information content (AvgIpc) is 2.17. The van der Waals surface area contributed by atoms with Gasteiger partial charge in [0.25, 0.3) is 0 Å². The maximum absolute atomic E-state index is 10.6. The van der Waals surface area contributed by atoms with Crippen molar-refractivity contribution in [2.75, 3.05) is 0 Å². The van der Waals surface area contributed by atoms with Crippen molar-refractivity contribution in [3.8, 4) is 0 Å². The Morgan fingerprint density at radius 3 is 2.87 bits per heavy atom. The van der Waals surface area contributed by atoms with Crippen molar-refractivity contribution >= 4 is 22.0 Å². The third-order valence-corrected chi connectivity index (χ3v) is 2.72. The summed E-state index contributed by atoms with van der Waals surface area (Å²) in [4.78, 5) is 4.30. The van der Waals surface area contributed by atoms with Gasteiger partial charge in [-0.15, -0.1) is 0 Å². The molecule has 4 heteroatoms. The van der Waals surface area contributed by atoms with Crippen LogP contribution in [0.4, 0.5) is 0 Å². The van der Waals surface area contributed by atoms with Crippen LogP contribution in [0.3, 0.4) is 0 Å². The number of nitrogens with zero attached hydrogens (tertiary/aromatic N) is 1. The van der Waals surface area contributed by atoms with Crippen LogP contribution in [0.1, 0.15) is 11.3 Å². The van der Waals surface area contributed by atoms with Gasteiger partial charge in [-0.05, 0) is 25.1 Å². The monoisotopic (exact) mass is 221 g/mol. The zero-order chi connectivity index (χ0) is 10.8. The van der Waals surface area contributed by atoms with Gasteiger partial charge in [0, 0.05) is 5.39 Å². The van der Waals surface area contributed by atoms with Crippen LogP contribution < -0.4 is 0 Å². The van der Waals surface area contributed by atoms with E-state index < -0.39 is 11.1 Å². The molecule has 0 amide bonds. The number of rotatable bonds is 2. The molecule has 0 fully saturated rings. The number of pyridine rings is 1. The molecule has 3 nitrogen and oxygen atoms in total. The number of hydrogen-bond donors (Lipinski definition) is 1. The summed E-state index contributed by atoms with van der Waals surface area (Å²) in [5, 5.41) is 1.06. The van der Waals surface area contributed by atoms with Crippen LogP contribution in [0, 0.1) is 6.92 Å². The van der Waals surface area contributed by atoms with Crippen molar-refractivity contribution in [3.63, 3.8) is 0 Å². The van der Waals surface area contributed by atoms with E-state index in [1.807, 2.05) is 31.2 Å². The van der Waals surface area contributed by atoms with E-state index in [2.05, 4.69) is 4.98 Å². The van der Waals surface area contributed by atoms with E-state index in [-0.39, 0.29) is 5.75 Å². The molecule has 1 N–H and O–H groups in total. The second-order valence-electron chi connectivity index (χ2n) is 3.46. The summed E-state index contributed by atoms with van der Waals surface area (Å²) in [5.74, 6) is 0.0871. The Morgan fingerprint density at radius 1 is 1.33 bits per heavy atom. The lowest BCUT2D eigenvalue weighted by Crippen LogP contribution is -1.96. The predicted molar refractivity (Wildman–Crippen MR) is 61.0 cm³/mol. The maximum atomic E-state index is 10.6. The molecule has 2 rings (SSSR count). The van der Waals surface area contributed by atoms with Crippen molar-refractivity contribution in [1.82, 2.24) is 4.98 Å². The predicted octanol–water partition coefficient (Wildman–Crippen LogP) is 2.26. The lowest BCUT2D eigenvalue weighted by atomic mass is 10.1. The third-order valence-electron chi connectivity index (χ3n) is 2.17. The molecule has 0 aliphatic heterocycles. The Morgan fingerprint density at radius 2 is 2.13 bits per heavy atom. The van der Waals surface area contributed by atoms with Gasteiger partial charge in [-0.1, -0.05) is 17.7 Å². The molecule has 1 heterocycles. The van der Waals surface area contributed by atoms with Gasteiger partial charge in [0.2, 0.25) is 0 Å². The van der Waals surface area contributed by atoms with E-state index in [1.165, 1.54) is 5.56 Å². The molecule has 0 saturated heterocycles. The molecule has 0 spiro atoms. The quantitative estimate of drug-likeness (QED) is 0.791. The molecule has 0 radical (unpaired) electrons. The summed E-state index contributed by atoms with van der Waals surface area (Å²) in [7, 11) is 0. The van der Waals surface area contributed by atoms with Crippen LogP contribution in [-0.2, 0) is 16.8 Å². The Labute approximate surface area is 90.4 Å². The van der Waals surface area contributed by atoms with Gasteiger partial charge >= 0.3 is 0 Å². The molecule has 0 aliphatic carbocycles. The maximum Gasteiger partial charge on any atom is 0.158 e. The zero-order valence-corrected chi connectivity index (χ0v) is 9.12. The van der Waals surface area contributed by atoms with Gasteiger partial charge in [0.1, 0.15) is 0 Å². The van der Waals surface area contributed by atoms with Crippen LogP contribution in [0.5, 0.6) is 0 Å². The lowest BCUT2D eigenvalue weighted by molar-refractivity contribution is 0.563. The number of aromatic nitrogens is 1. The van der Waals surface area contributed by atoms with Crippen LogP contribution >= 0.6 is 0 Å². The fraction of sp³-hybridized carbons (Fsp3) is 0.182.